The molecule has 0 saturated heterocycles. The van der Waals surface area contributed by atoms with Crippen LogP contribution >= 0.6 is 0 Å². The standard InChI is InChI=1S/C19H14N6O2S/c20-12-15(13-21)14-22-16-6-8-18(9-7-16)28(26,27)24-19-10-11-23-25(19)17-4-2-1-3-5-17/h1-11,14,22,24H. The van der Waals surface area contributed by atoms with Crippen molar-refractivity contribution in [2.75, 3.05) is 10.0 Å². The molecular weight excluding hydrogens is 376 g/mol. The lowest BCUT2D eigenvalue weighted by atomic mass is 10.3. The molecule has 0 unspecified atom stereocenters. The van der Waals surface area contributed by atoms with Gasteiger partial charge in [-0.1, -0.05) is 18.2 Å². The number of allylic oxidation sites excluding steroid dienone is 1. The second-order valence-corrected chi connectivity index (χ2v) is 7.20. The highest BCUT2D eigenvalue weighted by atomic mass is 32.2. The van der Waals surface area contributed by atoms with E-state index in [0.717, 1.165) is 5.69 Å². The summed E-state index contributed by atoms with van der Waals surface area (Å²) in [7, 11) is -3.83. The number of sulfonamides is 1. The van der Waals surface area contributed by atoms with E-state index in [9.17, 15) is 8.42 Å². The Morgan fingerprint density at radius 1 is 1.00 bits per heavy atom. The first-order chi connectivity index (χ1) is 13.5. The minimum atomic E-state index is -3.83. The first-order valence-electron chi connectivity index (χ1n) is 8.03. The Bertz CT molecular complexity index is 1170. The van der Waals surface area contributed by atoms with E-state index in [4.69, 9.17) is 10.5 Å². The van der Waals surface area contributed by atoms with E-state index < -0.39 is 10.0 Å². The van der Waals surface area contributed by atoms with Crippen LogP contribution < -0.4 is 10.0 Å². The second-order valence-electron chi connectivity index (χ2n) is 5.52. The van der Waals surface area contributed by atoms with Gasteiger partial charge in [-0.3, -0.25) is 4.72 Å². The summed E-state index contributed by atoms with van der Waals surface area (Å²) in [5, 5.41) is 24.3. The number of nitrogens with zero attached hydrogens (tertiary/aromatic N) is 4. The SMILES string of the molecule is N#CC(C#N)=CNc1ccc(S(=O)(=O)Nc2ccnn2-c2ccccc2)cc1. The zero-order chi connectivity index (χ0) is 20.0. The third kappa shape index (κ3) is 4.18. The number of aromatic nitrogens is 2. The summed E-state index contributed by atoms with van der Waals surface area (Å²) >= 11 is 0. The molecule has 138 valence electrons. The average Bonchev–Trinajstić information content (AvgIpc) is 3.17. The molecule has 2 N–H and O–H groups in total. The molecule has 0 aliphatic heterocycles. The van der Waals surface area contributed by atoms with Crippen molar-refractivity contribution in [3.8, 4) is 17.8 Å². The molecule has 0 spiro atoms. The first kappa shape index (κ1) is 18.7. The van der Waals surface area contributed by atoms with Gasteiger partial charge in [-0.15, -0.1) is 0 Å². The van der Waals surface area contributed by atoms with E-state index in [-0.39, 0.29) is 10.5 Å². The van der Waals surface area contributed by atoms with Crippen LogP contribution in [0.4, 0.5) is 11.5 Å². The number of hydrogen-bond acceptors (Lipinski definition) is 6. The van der Waals surface area contributed by atoms with Crippen molar-refractivity contribution in [1.29, 1.82) is 10.5 Å². The maximum absolute atomic E-state index is 12.7. The number of rotatable bonds is 6. The molecule has 8 nitrogen and oxygen atoms in total. The number of nitriles is 2. The minimum Gasteiger partial charge on any atom is -0.360 e. The lowest BCUT2D eigenvalue weighted by Gasteiger charge is -2.11. The van der Waals surface area contributed by atoms with Gasteiger partial charge in [0.1, 0.15) is 23.5 Å². The van der Waals surface area contributed by atoms with Crippen LogP contribution in [0.25, 0.3) is 5.69 Å². The Morgan fingerprint density at radius 3 is 2.32 bits per heavy atom. The first-order valence-corrected chi connectivity index (χ1v) is 9.51. The van der Waals surface area contributed by atoms with Crippen molar-refractivity contribution in [2.24, 2.45) is 0 Å². The molecule has 0 aliphatic rings. The highest BCUT2D eigenvalue weighted by Crippen LogP contribution is 2.20. The van der Waals surface area contributed by atoms with E-state index in [0.29, 0.717) is 11.5 Å². The summed E-state index contributed by atoms with van der Waals surface area (Å²) in [4.78, 5) is 0.0589. The molecular formula is C19H14N6O2S. The molecule has 0 atom stereocenters. The van der Waals surface area contributed by atoms with Crippen LogP contribution in [-0.4, -0.2) is 18.2 Å². The van der Waals surface area contributed by atoms with E-state index in [1.165, 1.54) is 41.3 Å². The van der Waals surface area contributed by atoms with Gasteiger partial charge < -0.3 is 5.32 Å². The van der Waals surface area contributed by atoms with Crippen molar-refractivity contribution in [2.45, 2.75) is 4.90 Å². The summed E-state index contributed by atoms with van der Waals surface area (Å²) in [6.45, 7) is 0. The third-order valence-electron chi connectivity index (χ3n) is 3.67. The maximum Gasteiger partial charge on any atom is 0.263 e. The second kappa shape index (κ2) is 8.08. The van der Waals surface area contributed by atoms with Gasteiger partial charge in [0.05, 0.1) is 16.8 Å². The quantitative estimate of drug-likeness (QED) is 0.624. The van der Waals surface area contributed by atoms with E-state index >= 15 is 0 Å². The van der Waals surface area contributed by atoms with Crippen molar-refractivity contribution in [3.05, 3.63) is 78.6 Å². The largest absolute Gasteiger partial charge is 0.360 e. The molecule has 0 amide bonds. The predicted molar refractivity (Wildman–Crippen MR) is 104 cm³/mol. The molecule has 1 heterocycles. The molecule has 1 aromatic heterocycles. The molecule has 28 heavy (non-hydrogen) atoms. The van der Waals surface area contributed by atoms with Gasteiger partial charge in [-0.05, 0) is 36.4 Å². The maximum atomic E-state index is 12.7. The minimum absolute atomic E-state index is 0.0589. The van der Waals surface area contributed by atoms with Gasteiger partial charge in [0.25, 0.3) is 10.0 Å². The molecule has 0 bridgehead atoms. The van der Waals surface area contributed by atoms with Gasteiger partial charge in [-0.2, -0.15) is 15.6 Å². The molecule has 2 aromatic carbocycles. The van der Waals surface area contributed by atoms with Gasteiger partial charge in [0, 0.05) is 18.0 Å². The van der Waals surface area contributed by atoms with Crippen LogP contribution in [-0.2, 0) is 10.0 Å². The van der Waals surface area contributed by atoms with Gasteiger partial charge >= 0.3 is 0 Å². The zero-order valence-electron chi connectivity index (χ0n) is 14.4. The van der Waals surface area contributed by atoms with Crippen LogP contribution in [0, 0.1) is 22.7 Å². The predicted octanol–water partition coefficient (Wildman–Crippen LogP) is 3.02. The third-order valence-corrected chi connectivity index (χ3v) is 5.04. The summed E-state index contributed by atoms with van der Waals surface area (Å²) in [6.07, 6.45) is 2.76. The van der Waals surface area contributed by atoms with Crippen LogP contribution in [0.3, 0.4) is 0 Å². The van der Waals surface area contributed by atoms with Crippen LogP contribution in [0.5, 0.6) is 0 Å². The molecule has 9 heteroatoms. The van der Waals surface area contributed by atoms with Crippen LogP contribution in [0.2, 0.25) is 0 Å². The molecule has 0 radical (unpaired) electrons. The monoisotopic (exact) mass is 390 g/mol. The Kier molecular flexibility index (Phi) is 5.40. The number of hydrogen-bond donors (Lipinski definition) is 2. The Hall–Kier alpha value is -4.08. The molecule has 3 rings (SSSR count). The lowest BCUT2D eigenvalue weighted by Crippen LogP contribution is -2.15. The van der Waals surface area contributed by atoms with Crippen molar-refractivity contribution in [1.82, 2.24) is 9.78 Å². The summed E-state index contributed by atoms with van der Waals surface area (Å²) in [6, 6.07) is 20.1. The Balaban J connectivity index is 1.80. The number of nitrogens with one attached hydrogen (secondary N) is 2. The topological polar surface area (TPSA) is 124 Å². The zero-order valence-corrected chi connectivity index (χ0v) is 15.3. The average molecular weight is 390 g/mol. The fraction of sp³-hybridized carbons (Fsp3) is 0. The van der Waals surface area contributed by atoms with Crippen molar-refractivity contribution in [3.63, 3.8) is 0 Å². The van der Waals surface area contributed by atoms with E-state index in [1.54, 1.807) is 18.2 Å². The summed E-state index contributed by atoms with van der Waals surface area (Å²) in [5.41, 5.74) is 1.17. The van der Waals surface area contributed by atoms with Gasteiger partial charge in [0.2, 0.25) is 0 Å². The smallest absolute Gasteiger partial charge is 0.263 e. The fourth-order valence-electron chi connectivity index (χ4n) is 2.33. The number of para-hydroxylation sites is 1. The van der Waals surface area contributed by atoms with Crippen molar-refractivity contribution >= 4 is 21.5 Å². The number of benzene rings is 2. The molecule has 3 aromatic rings. The Morgan fingerprint density at radius 2 is 1.68 bits per heavy atom. The Labute approximate surface area is 162 Å². The lowest BCUT2D eigenvalue weighted by molar-refractivity contribution is 0.600. The molecule has 0 fully saturated rings. The van der Waals surface area contributed by atoms with Crippen molar-refractivity contribution < 1.29 is 8.42 Å². The normalized spacial score (nSPS) is 10.4. The highest BCUT2D eigenvalue weighted by molar-refractivity contribution is 7.92. The van der Waals surface area contributed by atoms with Crippen LogP contribution in [0.1, 0.15) is 0 Å². The fourth-order valence-corrected chi connectivity index (χ4v) is 3.37. The highest BCUT2D eigenvalue weighted by Gasteiger charge is 2.17. The summed E-state index contributed by atoms with van der Waals surface area (Å²) < 4.78 is 29.4. The summed E-state index contributed by atoms with van der Waals surface area (Å²) in [5.74, 6) is 0.309. The van der Waals surface area contributed by atoms with E-state index in [1.807, 2.05) is 30.3 Å². The van der Waals surface area contributed by atoms with E-state index in [2.05, 4.69) is 15.1 Å². The van der Waals surface area contributed by atoms with Gasteiger partial charge in [-0.25, -0.2) is 13.1 Å². The molecule has 0 aliphatic carbocycles. The van der Waals surface area contributed by atoms with Gasteiger partial charge in [0.15, 0.2) is 0 Å². The van der Waals surface area contributed by atoms with Crippen LogP contribution in [0.15, 0.2) is 83.5 Å². The number of anilines is 2. The molecule has 0 saturated carbocycles.